The van der Waals surface area contributed by atoms with E-state index in [4.69, 9.17) is 4.74 Å². The lowest BCUT2D eigenvalue weighted by Gasteiger charge is -2.07. The van der Waals surface area contributed by atoms with Gasteiger partial charge in [0.25, 0.3) is 0 Å². The van der Waals surface area contributed by atoms with Gasteiger partial charge in [-0.1, -0.05) is 66.7 Å². The fourth-order valence-electron chi connectivity index (χ4n) is 3.77. The average Bonchev–Trinajstić information content (AvgIpc) is 3.14. The summed E-state index contributed by atoms with van der Waals surface area (Å²) in [5.41, 5.74) is 2.37. The molecule has 0 fully saturated rings. The van der Waals surface area contributed by atoms with Crippen LogP contribution in [0, 0.1) is 5.82 Å². The molecule has 0 bridgehead atoms. The van der Waals surface area contributed by atoms with Crippen molar-refractivity contribution >= 4 is 27.6 Å². The quantitative estimate of drug-likeness (QED) is 0.268. The number of ether oxygens (including phenoxy) is 1. The minimum absolute atomic E-state index is 0.268. The molecule has 0 N–H and O–H groups in total. The maximum atomic E-state index is 13.2. The number of fused-ring (bicyclic) bond motifs is 2. The second-order valence-electron chi connectivity index (χ2n) is 7.18. The van der Waals surface area contributed by atoms with Crippen LogP contribution in [0.3, 0.4) is 0 Å². The Labute approximate surface area is 172 Å². The molecule has 1 aromatic heterocycles. The van der Waals surface area contributed by atoms with Gasteiger partial charge in [-0.05, 0) is 35.2 Å². The normalized spacial score (nSPS) is 11.1. The molecule has 4 aromatic carbocycles. The van der Waals surface area contributed by atoms with Crippen molar-refractivity contribution < 1.29 is 13.9 Å². The highest BCUT2D eigenvalue weighted by Crippen LogP contribution is 2.28. The van der Waals surface area contributed by atoms with Gasteiger partial charge in [-0.2, -0.15) is 0 Å². The minimum Gasteiger partial charge on any atom is -0.422 e. The fourth-order valence-corrected chi connectivity index (χ4v) is 3.77. The largest absolute Gasteiger partial charge is 0.422 e. The monoisotopic (exact) mass is 395 g/mol. The molecule has 0 atom stereocenters. The van der Waals surface area contributed by atoms with Crippen molar-refractivity contribution in [2.24, 2.45) is 0 Å². The van der Waals surface area contributed by atoms with Crippen molar-refractivity contribution in [1.82, 2.24) is 4.57 Å². The van der Waals surface area contributed by atoms with Gasteiger partial charge >= 0.3 is 5.97 Å². The summed E-state index contributed by atoms with van der Waals surface area (Å²) in [6.45, 7) is 0.530. The van der Waals surface area contributed by atoms with E-state index in [1.165, 1.54) is 12.1 Å². The number of hydrogen-bond donors (Lipinski definition) is 0. The molecule has 4 heteroatoms. The molecular weight excluding hydrogens is 377 g/mol. The Hall–Kier alpha value is -3.92. The highest BCUT2D eigenvalue weighted by molar-refractivity contribution is 6.06. The molecule has 5 aromatic rings. The van der Waals surface area contributed by atoms with E-state index < -0.39 is 5.97 Å². The van der Waals surface area contributed by atoms with Crippen molar-refractivity contribution in [3.63, 3.8) is 0 Å². The predicted octanol–water partition coefficient (Wildman–Crippen LogP) is 6.20. The first-order valence-electron chi connectivity index (χ1n) is 9.71. The van der Waals surface area contributed by atoms with Crippen molar-refractivity contribution in [1.29, 1.82) is 0 Å². The molecule has 0 aliphatic carbocycles. The summed E-state index contributed by atoms with van der Waals surface area (Å²) in [5.74, 6) is -0.135. The van der Waals surface area contributed by atoms with Crippen LogP contribution < -0.4 is 4.74 Å². The lowest BCUT2D eigenvalue weighted by atomic mass is 10.1. The van der Waals surface area contributed by atoms with Gasteiger partial charge < -0.3 is 9.30 Å². The summed E-state index contributed by atoms with van der Waals surface area (Å²) in [6, 6.07) is 27.6. The zero-order valence-electron chi connectivity index (χ0n) is 16.1. The SMILES string of the molecule is O=C(Oc1cccc2ccccc12)c1cn(Cc2ccc(F)cc2)c2ccccc12. The molecule has 1 heterocycles. The Morgan fingerprint density at radius 3 is 2.33 bits per heavy atom. The molecule has 3 nitrogen and oxygen atoms in total. The van der Waals surface area contributed by atoms with Crippen LogP contribution in [-0.2, 0) is 6.54 Å². The van der Waals surface area contributed by atoms with Gasteiger partial charge in [0.1, 0.15) is 11.6 Å². The van der Waals surface area contributed by atoms with Gasteiger partial charge in [0, 0.05) is 29.0 Å². The van der Waals surface area contributed by atoms with E-state index in [1.807, 2.05) is 71.4 Å². The number of rotatable bonds is 4. The third kappa shape index (κ3) is 3.33. The summed E-state index contributed by atoms with van der Waals surface area (Å²) >= 11 is 0. The van der Waals surface area contributed by atoms with Crippen molar-refractivity contribution in [3.05, 3.63) is 114 Å². The summed E-state index contributed by atoms with van der Waals surface area (Å²) < 4.78 is 21.0. The van der Waals surface area contributed by atoms with Crippen LogP contribution >= 0.6 is 0 Å². The van der Waals surface area contributed by atoms with Crippen LogP contribution in [0.5, 0.6) is 5.75 Å². The van der Waals surface area contributed by atoms with E-state index in [9.17, 15) is 9.18 Å². The Morgan fingerprint density at radius 2 is 1.50 bits per heavy atom. The lowest BCUT2D eigenvalue weighted by Crippen LogP contribution is -2.08. The average molecular weight is 395 g/mol. The summed E-state index contributed by atoms with van der Waals surface area (Å²) in [4.78, 5) is 13.1. The number of para-hydroxylation sites is 1. The molecule has 0 aliphatic heterocycles. The number of hydrogen-bond acceptors (Lipinski definition) is 2. The molecule has 30 heavy (non-hydrogen) atoms. The van der Waals surface area contributed by atoms with E-state index in [-0.39, 0.29) is 5.82 Å². The Bertz CT molecular complexity index is 1360. The highest BCUT2D eigenvalue weighted by atomic mass is 19.1. The second kappa shape index (κ2) is 7.48. The zero-order valence-corrected chi connectivity index (χ0v) is 16.1. The van der Waals surface area contributed by atoms with Gasteiger partial charge in [-0.15, -0.1) is 0 Å². The molecule has 0 spiro atoms. The number of carbonyl (C=O) groups excluding carboxylic acids is 1. The van der Waals surface area contributed by atoms with Gasteiger partial charge in [-0.25, -0.2) is 9.18 Å². The van der Waals surface area contributed by atoms with E-state index in [1.54, 1.807) is 18.2 Å². The number of benzene rings is 4. The molecule has 0 radical (unpaired) electrons. The van der Waals surface area contributed by atoms with E-state index in [0.717, 1.165) is 27.2 Å². The van der Waals surface area contributed by atoms with Crippen molar-refractivity contribution in [2.75, 3.05) is 0 Å². The number of aromatic nitrogens is 1. The molecule has 0 aliphatic rings. The van der Waals surface area contributed by atoms with Crippen LogP contribution in [0.25, 0.3) is 21.7 Å². The van der Waals surface area contributed by atoms with Gasteiger partial charge in [0.05, 0.1) is 5.56 Å². The molecule has 0 amide bonds. The number of carbonyl (C=O) groups is 1. The molecular formula is C26H18FNO2. The maximum absolute atomic E-state index is 13.2. The highest BCUT2D eigenvalue weighted by Gasteiger charge is 2.18. The number of esters is 1. The van der Waals surface area contributed by atoms with Crippen LogP contribution in [0.2, 0.25) is 0 Å². The lowest BCUT2D eigenvalue weighted by molar-refractivity contribution is 0.0739. The summed E-state index contributed by atoms with van der Waals surface area (Å²) in [6.07, 6.45) is 1.81. The van der Waals surface area contributed by atoms with Crippen molar-refractivity contribution in [3.8, 4) is 5.75 Å². The molecule has 5 rings (SSSR count). The molecule has 146 valence electrons. The number of nitrogens with zero attached hydrogens (tertiary/aromatic N) is 1. The Morgan fingerprint density at radius 1 is 0.800 bits per heavy atom. The zero-order chi connectivity index (χ0) is 20.5. The van der Waals surface area contributed by atoms with E-state index in [0.29, 0.717) is 17.9 Å². The third-order valence-electron chi connectivity index (χ3n) is 5.23. The first-order chi connectivity index (χ1) is 14.7. The molecule has 0 saturated heterocycles. The summed E-state index contributed by atoms with van der Waals surface area (Å²) in [5, 5.41) is 2.73. The van der Waals surface area contributed by atoms with Crippen LogP contribution in [0.4, 0.5) is 4.39 Å². The van der Waals surface area contributed by atoms with Crippen LogP contribution in [-0.4, -0.2) is 10.5 Å². The predicted molar refractivity (Wildman–Crippen MR) is 116 cm³/mol. The standard InChI is InChI=1S/C26H18FNO2/c27-20-14-12-18(13-15-20)16-28-17-23(22-9-3-4-10-24(22)28)26(29)30-25-11-5-7-19-6-1-2-8-21(19)25/h1-15,17H,16H2. The Balaban J connectivity index is 1.52. The first-order valence-corrected chi connectivity index (χ1v) is 9.71. The van der Waals surface area contributed by atoms with Gasteiger partial charge in [0.15, 0.2) is 0 Å². The second-order valence-corrected chi connectivity index (χ2v) is 7.18. The summed E-state index contributed by atoms with van der Waals surface area (Å²) in [7, 11) is 0. The van der Waals surface area contributed by atoms with Crippen LogP contribution in [0.15, 0.2) is 97.2 Å². The number of halogens is 1. The smallest absolute Gasteiger partial charge is 0.345 e. The minimum atomic E-state index is -0.402. The topological polar surface area (TPSA) is 31.2 Å². The molecule has 0 unspecified atom stereocenters. The van der Waals surface area contributed by atoms with Crippen molar-refractivity contribution in [2.45, 2.75) is 6.54 Å². The van der Waals surface area contributed by atoms with E-state index in [2.05, 4.69) is 0 Å². The fraction of sp³-hybridized carbons (Fsp3) is 0.0385. The maximum Gasteiger partial charge on any atom is 0.345 e. The Kier molecular flexibility index (Phi) is 4.52. The van der Waals surface area contributed by atoms with Crippen LogP contribution in [0.1, 0.15) is 15.9 Å². The third-order valence-corrected chi connectivity index (χ3v) is 5.23. The molecule has 0 saturated carbocycles. The van der Waals surface area contributed by atoms with Gasteiger partial charge in [0.2, 0.25) is 0 Å². The van der Waals surface area contributed by atoms with Gasteiger partial charge in [-0.3, -0.25) is 0 Å². The van der Waals surface area contributed by atoms with E-state index >= 15 is 0 Å². The first kappa shape index (κ1) is 18.1.